The summed E-state index contributed by atoms with van der Waals surface area (Å²) in [6, 6.07) is 4.93. The molecule has 2 aliphatic heterocycles. The number of aromatic nitrogens is 2. The summed E-state index contributed by atoms with van der Waals surface area (Å²) in [7, 11) is 0. The van der Waals surface area contributed by atoms with Gasteiger partial charge in [-0.15, -0.1) is 11.3 Å². The standard InChI is InChI=1S/C23H21F6N3O2S/c1-12-2-3-15(17(24)4-12)16-9-35-20-18(16)30-11-31-21(20)34-19-13-5-32(6-14(19)8-33-7-13)10-22(25,26)23(27,28)29/h2-4,9,11,13-14,19H,5-8,10H2,1H3. The second-order valence-electron chi connectivity index (χ2n) is 9.03. The summed E-state index contributed by atoms with van der Waals surface area (Å²) in [5.41, 5.74) is 2.31. The molecule has 5 nitrogen and oxygen atoms in total. The fourth-order valence-electron chi connectivity index (χ4n) is 4.76. The third-order valence-corrected chi connectivity index (χ3v) is 7.36. The van der Waals surface area contributed by atoms with E-state index in [-0.39, 0.29) is 38.0 Å². The fraction of sp³-hybridized carbons (Fsp3) is 0.478. The molecule has 2 atom stereocenters. The highest BCUT2D eigenvalue weighted by Crippen LogP contribution is 2.41. The Morgan fingerprint density at radius 2 is 1.80 bits per heavy atom. The number of alkyl halides is 5. The number of nitrogens with zero attached hydrogens (tertiary/aromatic N) is 3. The van der Waals surface area contributed by atoms with Gasteiger partial charge in [0.25, 0.3) is 0 Å². The maximum Gasteiger partial charge on any atom is 0.454 e. The average Bonchev–Trinajstić information content (AvgIpc) is 3.18. The van der Waals surface area contributed by atoms with Crippen molar-refractivity contribution in [1.82, 2.24) is 14.9 Å². The van der Waals surface area contributed by atoms with Crippen molar-refractivity contribution in [3.05, 3.63) is 41.3 Å². The van der Waals surface area contributed by atoms with E-state index in [2.05, 4.69) is 9.97 Å². The highest BCUT2D eigenvalue weighted by Gasteiger charge is 2.59. The Bertz CT molecular complexity index is 1220. The van der Waals surface area contributed by atoms with E-state index >= 15 is 0 Å². The van der Waals surface area contributed by atoms with Gasteiger partial charge in [0.1, 0.15) is 22.9 Å². The Morgan fingerprint density at radius 1 is 1.09 bits per heavy atom. The Balaban J connectivity index is 1.38. The van der Waals surface area contributed by atoms with Crippen LogP contribution in [0.4, 0.5) is 26.3 Å². The third kappa shape index (κ3) is 4.58. The van der Waals surface area contributed by atoms with E-state index in [0.717, 1.165) is 10.5 Å². The van der Waals surface area contributed by atoms with Gasteiger partial charge in [-0.2, -0.15) is 22.0 Å². The van der Waals surface area contributed by atoms with E-state index in [4.69, 9.17) is 9.47 Å². The minimum Gasteiger partial charge on any atom is -0.472 e. The van der Waals surface area contributed by atoms with Gasteiger partial charge in [-0.25, -0.2) is 14.4 Å². The summed E-state index contributed by atoms with van der Waals surface area (Å²) in [4.78, 5) is 9.68. The summed E-state index contributed by atoms with van der Waals surface area (Å²) in [5.74, 6) is -5.72. The number of ether oxygens (including phenoxy) is 2. The van der Waals surface area contributed by atoms with Gasteiger partial charge in [0.05, 0.1) is 25.3 Å². The monoisotopic (exact) mass is 517 g/mol. The lowest BCUT2D eigenvalue weighted by Gasteiger charge is -2.47. The smallest absolute Gasteiger partial charge is 0.454 e. The van der Waals surface area contributed by atoms with Crippen LogP contribution in [0.15, 0.2) is 29.9 Å². The zero-order valence-corrected chi connectivity index (χ0v) is 19.3. The van der Waals surface area contributed by atoms with E-state index in [1.807, 2.05) is 0 Å². The summed E-state index contributed by atoms with van der Waals surface area (Å²) in [6.45, 7) is 0.700. The highest BCUT2D eigenvalue weighted by atomic mass is 32.1. The maximum atomic E-state index is 14.6. The molecule has 0 saturated carbocycles. The number of aryl methyl sites for hydroxylation is 1. The zero-order chi connectivity index (χ0) is 25.0. The average molecular weight is 517 g/mol. The van der Waals surface area contributed by atoms with Crippen LogP contribution < -0.4 is 4.74 Å². The number of likely N-dealkylation sites (tertiary alicyclic amines) is 1. The van der Waals surface area contributed by atoms with E-state index in [1.54, 1.807) is 24.4 Å². The molecule has 1 aromatic carbocycles. The molecule has 2 bridgehead atoms. The van der Waals surface area contributed by atoms with Gasteiger partial charge in [-0.1, -0.05) is 12.1 Å². The first-order chi connectivity index (χ1) is 16.5. The van der Waals surface area contributed by atoms with Gasteiger partial charge in [-0.05, 0) is 18.6 Å². The largest absolute Gasteiger partial charge is 0.472 e. The molecule has 0 N–H and O–H groups in total. The lowest BCUT2D eigenvalue weighted by Crippen LogP contribution is -2.60. The molecule has 2 aromatic heterocycles. The first kappa shape index (κ1) is 24.3. The third-order valence-electron chi connectivity index (χ3n) is 6.40. The number of piperidine rings is 1. The van der Waals surface area contributed by atoms with Crippen LogP contribution in [-0.2, 0) is 4.74 Å². The Morgan fingerprint density at radius 3 is 2.46 bits per heavy atom. The van der Waals surface area contributed by atoms with Gasteiger partial charge >= 0.3 is 12.1 Å². The van der Waals surface area contributed by atoms with E-state index in [1.165, 1.54) is 23.7 Å². The molecule has 0 aliphatic carbocycles. The predicted octanol–water partition coefficient (Wildman–Crippen LogP) is 5.33. The van der Waals surface area contributed by atoms with Crippen LogP contribution in [0.2, 0.25) is 0 Å². The van der Waals surface area contributed by atoms with Crippen molar-refractivity contribution in [2.75, 3.05) is 32.8 Å². The minimum absolute atomic E-state index is 0.0225. The number of hydrogen-bond acceptors (Lipinski definition) is 6. The normalized spacial score (nSPS) is 23.6. The Labute approximate surface area is 200 Å². The van der Waals surface area contributed by atoms with Crippen LogP contribution in [0, 0.1) is 24.6 Å². The molecule has 12 heteroatoms. The topological polar surface area (TPSA) is 47.5 Å². The quantitative estimate of drug-likeness (QED) is 0.429. The first-order valence-electron chi connectivity index (χ1n) is 10.9. The van der Waals surface area contributed by atoms with Crippen molar-refractivity contribution in [1.29, 1.82) is 0 Å². The predicted molar refractivity (Wildman–Crippen MR) is 117 cm³/mol. The van der Waals surface area contributed by atoms with Crippen LogP contribution >= 0.6 is 11.3 Å². The SMILES string of the molecule is Cc1ccc(-c2csc3c(OC4C5COCC4CN(CC(F)(F)C(F)(F)F)C5)ncnc23)c(F)c1. The van der Waals surface area contributed by atoms with Crippen molar-refractivity contribution in [3.8, 4) is 17.0 Å². The summed E-state index contributed by atoms with van der Waals surface area (Å²) in [5, 5.41) is 1.77. The van der Waals surface area contributed by atoms with Gasteiger partial charge in [0.15, 0.2) is 0 Å². The second kappa shape index (κ2) is 8.90. The lowest BCUT2D eigenvalue weighted by molar-refractivity contribution is -0.289. The van der Waals surface area contributed by atoms with Crippen molar-refractivity contribution in [3.63, 3.8) is 0 Å². The van der Waals surface area contributed by atoms with E-state index in [9.17, 15) is 26.3 Å². The van der Waals surface area contributed by atoms with Crippen LogP contribution in [0.5, 0.6) is 5.88 Å². The first-order valence-corrected chi connectivity index (χ1v) is 11.8. The van der Waals surface area contributed by atoms with E-state index in [0.29, 0.717) is 21.3 Å². The van der Waals surface area contributed by atoms with Gasteiger partial charge in [-0.3, -0.25) is 4.90 Å². The molecular formula is C23H21F6N3O2S. The van der Waals surface area contributed by atoms with E-state index < -0.39 is 36.6 Å². The molecule has 3 aromatic rings. The second-order valence-corrected chi connectivity index (χ2v) is 9.91. The summed E-state index contributed by atoms with van der Waals surface area (Å²) < 4.78 is 92.3. The van der Waals surface area contributed by atoms with Crippen LogP contribution in [0.3, 0.4) is 0 Å². The molecule has 2 unspecified atom stereocenters. The molecule has 2 fully saturated rings. The van der Waals surface area contributed by atoms with Gasteiger partial charge < -0.3 is 9.47 Å². The molecule has 0 radical (unpaired) electrons. The van der Waals surface area contributed by atoms with Crippen LogP contribution in [0.25, 0.3) is 21.3 Å². The number of benzene rings is 1. The van der Waals surface area contributed by atoms with Crippen LogP contribution in [-0.4, -0.2) is 65.9 Å². The molecular weight excluding hydrogens is 496 g/mol. The van der Waals surface area contributed by atoms with Crippen molar-refractivity contribution in [2.24, 2.45) is 11.8 Å². The van der Waals surface area contributed by atoms with Crippen molar-refractivity contribution in [2.45, 2.75) is 25.1 Å². The van der Waals surface area contributed by atoms with Gasteiger partial charge in [0, 0.05) is 41.4 Å². The highest BCUT2D eigenvalue weighted by molar-refractivity contribution is 7.18. The molecule has 35 heavy (non-hydrogen) atoms. The van der Waals surface area contributed by atoms with Crippen LogP contribution in [0.1, 0.15) is 5.56 Å². The molecule has 2 saturated heterocycles. The minimum atomic E-state index is -5.60. The fourth-order valence-corrected chi connectivity index (χ4v) is 5.71. The molecule has 5 rings (SSSR count). The summed E-state index contributed by atoms with van der Waals surface area (Å²) >= 11 is 1.29. The Kier molecular flexibility index (Phi) is 6.17. The molecule has 2 aliphatic rings. The lowest BCUT2D eigenvalue weighted by atomic mass is 9.84. The number of rotatable bonds is 5. The molecule has 188 valence electrons. The zero-order valence-electron chi connectivity index (χ0n) is 18.5. The number of fused-ring (bicyclic) bond motifs is 3. The van der Waals surface area contributed by atoms with Crippen molar-refractivity contribution < 1.29 is 35.8 Å². The summed E-state index contributed by atoms with van der Waals surface area (Å²) in [6.07, 6.45) is -4.77. The number of halogens is 6. The Hall–Kier alpha value is -2.44. The number of thiophene rings is 1. The molecule has 4 heterocycles. The molecule has 0 spiro atoms. The number of hydrogen-bond donors (Lipinski definition) is 0. The molecule has 0 amide bonds. The maximum absolute atomic E-state index is 14.6. The van der Waals surface area contributed by atoms with Crippen molar-refractivity contribution >= 4 is 21.6 Å². The van der Waals surface area contributed by atoms with Gasteiger partial charge in [0.2, 0.25) is 5.88 Å².